The smallest absolute Gasteiger partial charge is 0.267 e. The molecule has 0 radical (unpaired) electrons. The molecular weight excluding hydrogens is 368 g/mol. The van der Waals surface area contributed by atoms with Gasteiger partial charge in [-0.05, 0) is 29.7 Å². The SMILES string of the molecule is Cc1c(COc2nc(N)c(C#N)c(-c3ccccc3)c2C#N)ccnc1C(N)=O. The Labute approximate surface area is 167 Å². The molecule has 0 saturated carbocycles. The zero-order chi connectivity index (χ0) is 21.0. The van der Waals surface area contributed by atoms with E-state index in [1.165, 1.54) is 6.20 Å². The molecule has 3 aromatic rings. The predicted molar refractivity (Wildman–Crippen MR) is 105 cm³/mol. The lowest BCUT2D eigenvalue weighted by Gasteiger charge is -2.15. The first-order valence-corrected chi connectivity index (χ1v) is 8.54. The Bertz CT molecular complexity index is 1180. The Balaban J connectivity index is 2.07. The van der Waals surface area contributed by atoms with Gasteiger partial charge in [-0.3, -0.25) is 9.78 Å². The highest BCUT2D eigenvalue weighted by atomic mass is 16.5. The number of amides is 1. The molecule has 0 unspecified atom stereocenters. The molecule has 0 bridgehead atoms. The van der Waals surface area contributed by atoms with E-state index in [-0.39, 0.29) is 35.1 Å². The Morgan fingerprint density at radius 2 is 1.83 bits per heavy atom. The van der Waals surface area contributed by atoms with Crippen molar-refractivity contribution in [2.24, 2.45) is 5.73 Å². The maximum absolute atomic E-state index is 11.5. The highest BCUT2D eigenvalue weighted by Crippen LogP contribution is 2.35. The monoisotopic (exact) mass is 384 g/mol. The largest absolute Gasteiger partial charge is 0.472 e. The minimum absolute atomic E-state index is 0.000287. The molecule has 8 nitrogen and oxygen atoms in total. The number of nitrogens with two attached hydrogens (primary N) is 2. The number of nitrogens with zero attached hydrogens (tertiary/aromatic N) is 4. The summed E-state index contributed by atoms with van der Waals surface area (Å²) in [5, 5.41) is 19.3. The van der Waals surface area contributed by atoms with Gasteiger partial charge in [-0.15, -0.1) is 0 Å². The van der Waals surface area contributed by atoms with Gasteiger partial charge in [0, 0.05) is 11.8 Å². The summed E-state index contributed by atoms with van der Waals surface area (Å²) in [6, 6.07) is 14.7. The van der Waals surface area contributed by atoms with Crippen molar-refractivity contribution >= 4 is 11.7 Å². The quantitative estimate of drug-likeness (QED) is 0.685. The molecule has 8 heteroatoms. The van der Waals surface area contributed by atoms with Crippen molar-refractivity contribution < 1.29 is 9.53 Å². The van der Waals surface area contributed by atoms with Crippen molar-refractivity contribution in [1.82, 2.24) is 9.97 Å². The zero-order valence-electron chi connectivity index (χ0n) is 15.5. The summed E-state index contributed by atoms with van der Waals surface area (Å²) in [5.74, 6) is -0.682. The van der Waals surface area contributed by atoms with Gasteiger partial charge in [0.1, 0.15) is 41.4 Å². The Morgan fingerprint density at radius 3 is 2.45 bits per heavy atom. The molecule has 4 N–H and O–H groups in total. The number of anilines is 1. The molecular formula is C21H16N6O2. The first-order chi connectivity index (χ1) is 14.0. The number of carbonyl (C=O) groups is 1. The van der Waals surface area contributed by atoms with E-state index < -0.39 is 5.91 Å². The fraction of sp³-hybridized carbons (Fsp3) is 0.0952. The second kappa shape index (κ2) is 8.07. The molecule has 0 aliphatic heterocycles. The lowest BCUT2D eigenvalue weighted by atomic mass is 9.96. The molecule has 2 heterocycles. The number of nitrogen functional groups attached to an aromatic ring is 1. The van der Waals surface area contributed by atoms with Crippen molar-refractivity contribution in [3.63, 3.8) is 0 Å². The van der Waals surface area contributed by atoms with Crippen LogP contribution in [-0.2, 0) is 6.61 Å². The van der Waals surface area contributed by atoms with Crippen LogP contribution in [0.4, 0.5) is 5.82 Å². The first kappa shape index (κ1) is 19.3. The van der Waals surface area contributed by atoms with Gasteiger partial charge in [-0.1, -0.05) is 30.3 Å². The van der Waals surface area contributed by atoms with Crippen LogP contribution in [0.2, 0.25) is 0 Å². The summed E-state index contributed by atoms with van der Waals surface area (Å²) in [6.45, 7) is 1.71. The van der Waals surface area contributed by atoms with Crippen LogP contribution < -0.4 is 16.2 Å². The van der Waals surface area contributed by atoms with Crippen LogP contribution in [0.3, 0.4) is 0 Å². The molecule has 1 aromatic carbocycles. The number of aromatic nitrogens is 2. The molecule has 2 aromatic heterocycles. The van der Waals surface area contributed by atoms with Crippen LogP contribution in [0.5, 0.6) is 5.88 Å². The van der Waals surface area contributed by atoms with Crippen molar-refractivity contribution in [1.29, 1.82) is 10.5 Å². The maximum Gasteiger partial charge on any atom is 0.267 e. The van der Waals surface area contributed by atoms with Gasteiger partial charge < -0.3 is 16.2 Å². The van der Waals surface area contributed by atoms with E-state index in [1.54, 1.807) is 37.3 Å². The average molecular weight is 384 g/mol. The van der Waals surface area contributed by atoms with E-state index in [0.29, 0.717) is 22.3 Å². The third kappa shape index (κ3) is 3.68. The van der Waals surface area contributed by atoms with E-state index in [9.17, 15) is 15.3 Å². The summed E-state index contributed by atoms with van der Waals surface area (Å²) in [4.78, 5) is 19.6. The number of benzene rings is 1. The van der Waals surface area contributed by atoms with Crippen LogP contribution >= 0.6 is 0 Å². The van der Waals surface area contributed by atoms with Crippen molar-refractivity contribution in [2.45, 2.75) is 13.5 Å². The minimum atomic E-state index is -0.644. The van der Waals surface area contributed by atoms with Gasteiger partial charge in [0.25, 0.3) is 5.91 Å². The minimum Gasteiger partial charge on any atom is -0.472 e. The number of hydrogen-bond donors (Lipinski definition) is 2. The molecule has 142 valence electrons. The van der Waals surface area contributed by atoms with Gasteiger partial charge in [-0.2, -0.15) is 15.5 Å². The molecule has 0 atom stereocenters. The Hall–Kier alpha value is -4.43. The molecule has 3 rings (SSSR count). The summed E-state index contributed by atoms with van der Waals surface area (Å²) in [6.07, 6.45) is 1.45. The van der Waals surface area contributed by atoms with Crippen molar-refractivity contribution in [3.8, 4) is 29.1 Å². The van der Waals surface area contributed by atoms with E-state index in [2.05, 4.69) is 16.0 Å². The van der Waals surface area contributed by atoms with E-state index in [4.69, 9.17) is 16.2 Å². The Kier molecular flexibility index (Phi) is 5.38. The second-order valence-electron chi connectivity index (χ2n) is 6.11. The second-order valence-corrected chi connectivity index (χ2v) is 6.11. The third-order valence-electron chi connectivity index (χ3n) is 4.39. The molecule has 0 aliphatic carbocycles. The lowest BCUT2D eigenvalue weighted by molar-refractivity contribution is 0.0994. The van der Waals surface area contributed by atoms with Crippen LogP contribution in [0, 0.1) is 29.6 Å². The maximum atomic E-state index is 11.5. The number of hydrogen-bond acceptors (Lipinski definition) is 7. The van der Waals surface area contributed by atoms with Crippen LogP contribution in [0.25, 0.3) is 11.1 Å². The standard InChI is InChI=1S/C21H16N6O2/c1-12-14(7-8-26-18(12)20(25)28)11-29-21-16(10-23)17(13-5-3-2-4-6-13)15(9-22)19(24)27-21/h2-8H,11H2,1H3,(H2,24,27)(H2,25,28). The van der Waals surface area contributed by atoms with Gasteiger partial charge in [-0.25, -0.2) is 0 Å². The number of carbonyl (C=O) groups excluding carboxylic acids is 1. The number of pyridine rings is 2. The molecule has 0 aliphatic rings. The van der Waals surface area contributed by atoms with Crippen molar-refractivity contribution in [3.05, 3.63) is 70.5 Å². The van der Waals surface area contributed by atoms with Crippen LogP contribution in [0.1, 0.15) is 32.7 Å². The number of ether oxygens (including phenoxy) is 1. The molecule has 1 amide bonds. The predicted octanol–water partition coefficient (Wildman–Crippen LogP) is 2.46. The molecule has 0 spiro atoms. The molecule has 0 saturated heterocycles. The van der Waals surface area contributed by atoms with Gasteiger partial charge in [0.15, 0.2) is 0 Å². The third-order valence-corrected chi connectivity index (χ3v) is 4.39. The lowest BCUT2D eigenvalue weighted by Crippen LogP contribution is -2.16. The van der Waals surface area contributed by atoms with Crippen LogP contribution in [0.15, 0.2) is 42.6 Å². The van der Waals surface area contributed by atoms with Crippen molar-refractivity contribution in [2.75, 3.05) is 5.73 Å². The van der Waals surface area contributed by atoms with E-state index in [0.717, 1.165) is 0 Å². The fourth-order valence-corrected chi connectivity index (χ4v) is 2.92. The fourth-order valence-electron chi connectivity index (χ4n) is 2.92. The van der Waals surface area contributed by atoms with Crippen LogP contribution in [-0.4, -0.2) is 15.9 Å². The number of nitriles is 2. The highest BCUT2D eigenvalue weighted by Gasteiger charge is 2.21. The summed E-state index contributed by atoms with van der Waals surface area (Å²) in [5.41, 5.74) is 13.9. The topological polar surface area (TPSA) is 152 Å². The normalized spacial score (nSPS) is 10.0. The summed E-state index contributed by atoms with van der Waals surface area (Å²) < 4.78 is 5.77. The number of rotatable bonds is 5. The average Bonchev–Trinajstić information content (AvgIpc) is 2.72. The first-order valence-electron chi connectivity index (χ1n) is 8.54. The summed E-state index contributed by atoms with van der Waals surface area (Å²) >= 11 is 0. The van der Waals surface area contributed by atoms with Gasteiger partial charge in [0.05, 0.1) is 0 Å². The number of primary amides is 1. The van der Waals surface area contributed by atoms with Gasteiger partial charge in [0.2, 0.25) is 5.88 Å². The van der Waals surface area contributed by atoms with Gasteiger partial charge >= 0.3 is 0 Å². The Morgan fingerprint density at radius 1 is 1.14 bits per heavy atom. The molecule has 0 fully saturated rings. The highest BCUT2D eigenvalue weighted by molar-refractivity contribution is 5.92. The summed E-state index contributed by atoms with van der Waals surface area (Å²) in [7, 11) is 0. The zero-order valence-corrected chi connectivity index (χ0v) is 15.5. The van der Waals surface area contributed by atoms with E-state index in [1.807, 2.05) is 12.1 Å². The van der Waals surface area contributed by atoms with E-state index >= 15 is 0 Å². The molecule has 29 heavy (non-hydrogen) atoms.